The molecule has 0 bridgehead atoms. The standard InChI is InChI=1S/C12H25NO2S/c1-2-16-12-5-3-4-6-13(11-12)7-9-15-10-8-14/h12,14H,2-11H2,1H3. The minimum Gasteiger partial charge on any atom is -0.394 e. The highest BCUT2D eigenvalue weighted by atomic mass is 32.2. The van der Waals surface area contributed by atoms with E-state index in [4.69, 9.17) is 9.84 Å². The van der Waals surface area contributed by atoms with Crippen LogP contribution >= 0.6 is 11.8 Å². The van der Waals surface area contributed by atoms with Crippen molar-refractivity contribution >= 4 is 11.8 Å². The Kier molecular flexibility index (Phi) is 8.29. The zero-order chi connectivity index (χ0) is 11.6. The molecule has 1 N–H and O–H groups in total. The summed E-state index contributed by atoms with van der Waals surface area (Å²) in [4.78, 5) is 2.51. The van der Waals surface area contributed by atoms with Gasteiger partial charge in [0.1, 0.15) is 0 Å². The SMILES string of the molecule is CCSC1CCCCN(CCOCCO)C1. The van der Waals surface area contributed by atoms with Crippen molar-refractivity contribution in [2.75, 3.05) is 45.2 Å². The maximum atomic E-state index is 8.62. The topological polar surface area (TPSA) is 32.7 Å². The Labute approximate surface area is 104 Å². The summed E-state index contributed by atoms with van der Waals surface area (Å²) in [6.45, 7) is 7.04. The maximum Gasteiger partial charge on any atom is 0.0698 e. The van der Waals surface area contributed by atoms with E-state index >= 15 is 0 Å². The molecule has 1 heterocycles. The third-order valence-corrected chi connectivity index (χ3v) is 4.09. The largest absolute Gasteiger partial charge is 0.394 e. The quantitative estimate of drug-likeness (QED) is 0.693. The molecule has 0 aromatic heterocycles. The molecule has 1 rings (SSSR count). The molecule has 1 unspecified atom stereocenters. The fraction of sp³-hybridized carbons (Fsp3) is 1.00. The Morgan fingerprint density at radius 2 is 2.25 bits per heavy atom. The van der Waals surface area contributed by atoms with Crippen LogP contribution in [0.1, 0.15) is 26.2 Å². The number of ether oxygens (including phenoxy) is 1. The van der Waals surface area contributed by atoms with Gasteiger partial charge < -0.3 is 9.84 Å². The molecule has 4 heteroatoms. The first-order chi connectivity index (χ1) is 7.86. The van der Waals surface area contributed by atoms with E-state index in [1.165, 1.54) is 38.1 Å². The predicted octanol–water partition coefficient (Wildman–Crippen LogP) is 1.60. The number of rotatable bonds is 7. The molecule has 0 radical (unpaired) electrons. The summed E-state index contributed by atoms with van der Waals surface area (Å²) in [7, 11) is 0. The lowest BCUT2D eigenvalue weighted by Crippen LogP contribution is -2.33. The lowest BCUT2D eigenvalue weighted by atomic mass is 10.2. The Bertz CT molecular complexity index is 169. The van der Waals surface area contributed by atoms with Crippen LogP contribution in [0.15, 0.2) is 0 Å². The van der Waals surface area contributed by atoms with Crippen molar-refractivity contribution in [3.8, 4) is 0 Å². The average Bonchev–Trinajstić information content (AvgIpc) is 2.51. The summed E-state index contributed by atoms with van der Waals surface area (Å²) < 4.78 is 5.32. The molecule has 1 saturated heterocycles. The van der Waals surface area contributed by atoms with Crippen LogP contribution in [0, 0.1) is 0 Å². The third kappa shape index (κ3) is 6.09. The van der Waals surface area contributed by atoms with Crippen LogP contribution in [0.3, 0.4) is 0 Å². The van der Waals surface area contributed by atoms with Gasteiger partial charge in [0.05, 0.1) is 19.8 Å². The fourth-order valence-corrected chi connectivity index (χ4v) is 3.23. The number of aliphatic hydroxyl groups is 1. The molecule has 0 spiro atoms. The lowest BCUT2D eigenvalue weighted by Gasteiger charge is -2.23. The summed E-state index contributed by atoms with van der Waals surface area (Å²) in [6.07, 6.45) is 4.05. The highest BCUT2D eigenvalue weighted by Crippen LogP contribution is 2.21. The molecule has 16 heavy (non-hydrogen) atoms. The molecule has 0 aromatic carbocycles. The highest BCUT2D eigenvalue weighted by molar-refractivity contribution is 7.99. The van der Waals surface area contributed by atoms with Gasteiger partial charge in [-0.3, -0.25) is 4.90 Å². The second kappa shape index (κ2) is 9.28. The van der Waals surface area contributed by atoms with Crippen LogP contribution < -0.4 is 0 Å². The number of nitrogens with zero attached hydrogens (tertiary/aromatic N) is 1. The Morgan fingerprint density at radius 3 is 3.00 bits per heavy atom. The molecule has 1 atom stereocenters. The number of thioether (sulfide) groups is 1. The van der Waals surface area contributed by atoms with Crippen LogP contribution in [0.5, 0.6) is 0 Å². The molecule has 96 valence electrons. The fourth-order valence-electron chi connectivity index (χ4n) is 2.11. The predicted molar refractivity (Wildman–Crippen MR) is 70.1 cm³/mol. The Balaban J connectivity index is 2.17. The van der Waals surface area contributed by atoms with Crippen LogP contribution in [0.25, 0.3) is 0 Å². The first-order valence-electron chi connectivity index (χ1n) is 6.39. The van der Waals surface area contributed by atoms with Gasteiger partial charge in [0.15, 0.2) is 0 Å². The maximum absolute atomic E-state index is 8.62. The first-order valence-corrected chi connectivity index (χ1v) is 7.44. The summed E-state index contributed by atoms with van der Waals surface area (Å²) in [6, 6.07) is 0. The van der Waals surface area contributed by atoms with Crippen molar-refractivity contribution in [1.29, 1.82) is 0 Å². The van der Waals surface area contributed by atoms with Gasteiger partial charge in [0.2, 0.25) is 0 Å². The van der Waals surface area contributed by atoms with Crippen molar-refractivity contribution in [2.45, 2.75) is 31.4 Å². The summed E-state index contributed by atoms with van der Waals surface area (Å²) in [5.74, 6) is 1.22. The second-order valence-corrected chi connectivity index (χ2v) is 5.79. The van der Waals surface area contributed by atoms with E-state index in [1.54, 1.807) is 0 Å². The molecule has 3 nitrogen and oxygen atoms in total. The number of aliphatic hydroxyl groups excluding tert-OH is 1. The second-order valence-electron chi connectivity index (χ2n) is 4.21. The molecular weight excluding hydrogens is 222 g/mol. The Hall–Kier alpha value is 0.230. The van der Waals surface area contributed by atoms with Gasteiger partial charge >= 0.3 is 0 Å². The van der Waals surface area contributed by atoms with E-state index in [0.717, 1.165) is 18.4 Å². The third-order valence-electron chi connectivity index (χ3n) is 2.90. The molecule has 1 fully saturated rings. The van der Waals surface area contributed by atoms with Gasteiger partial charge in [0, 0.05) is 18.3 Å². The lowest BCUT2D eigenvalue weighted by molar-refractivity contribution is 0.0746. The molecule has 0 aromatic rings. The van der Waals surface area contributed by atoms with E-state index in [-0.39, 0.29) is 6.61 Å². The molecule has 0 aliphatic carbocycles. The summed E-state index contributed by atoms with van der Waals surface area (Å²) in [5, 5.41) is 9.43. The van der Waals surface area contributed by atoms with Gasteiger partial charge in [0.25, 0.3) is 0 Å². The van der Waals surface area contributed by atoms with Crippen molar-refractivity contribution in [2.24, 2.45) is 0 Å². The first kappa shape index (κ1) is 14.3. The van der Waals surface area contributed by atoms with E-state index in [2.05, 4.69) is 23.6 Å². The summed E-state index contributed by atoms with van der Waals surface area (Å²) >= 11 is 2.09. The zero-order valence-corrected chi connectivity index (χ0v) is 11.2. The van der Waals surface area contributed by atoms with Crippen molar-refractivity contribution in [3.63, 3.8) is 0 Å². The van der Waals surface area contributed by atoms with E-state index in [9.17, 15) is 0 Å². The molecule has 0 saturated carbocycles. The number of likely N-dealkylation sites (tertiary alicyclic amines) is 1. The van der Waals surface area contributed by atoms with Gasteiger partial charge in [-0.1, -0.05) is 13.3 Å². The molecule has 1 aliphatic heterocycles. The summed E-state index contributed by atoms with van der Waals surface area (Å²) in [5.41, 5.74) is 0. The van der Waals surface area contributed by atoms with Crippen molar-refractivity contribution in [3.05, 3.63) is 0 Å². The molecular formula is C12H25NO2S. The Morgan fingerprint density at radius 1 is 1.38 bits per heavy atom. The van der Waals surface area contributed by atoms with Crippen LogP contribution in [0.4, 0.5) is 0 Å². The van der Waals surface area contributed by atoms with Crippen LogP contribution in [-0.2, 0) is 4.74 Å². The average molecular weight is 247 g/mol. The van der Waals surface area contributed by atoms with E-state index < -0.39 is 0 Å². The highest BCUT2D eigenvalue weighted by Gasteiger charge is 2.17. The van der Waals surface area contributed by atoms with Crippen LogP contribution in [-0.4, -0.2) is 60.5 Å². The molecule has 1 aliphatic rings. The van der Waals surface area contributed by atoms with Crippen molar-refractivity contribution < 1.29 is 9.84 Å². The number of hydrogen-bond acceptors (Lipinski definition) is 4. The minimum absolute atomic E-state index is 0.133. The minimum atomic E-state index is 0.133. The normalized spacial score (nSPS) is 23.2. The van der Waals surface area contributed by atoms with Gasteiger partial charge in [-0.05, 0) is 25.1 Å². The van der Waals surface area contributed by atoms with Gasteiger partial charge in [-0.15, -0.1) is 0 Å². The number of hydrogen-bond donors (Lipinski definition) is 1. The zero-order valence-electron chi connectivity index (χ0n) is 10.4. The van der Waals surface area contributed by atoms with Crippen molar-refractivity contribution in [1.82, 2.24) is 4.90 Å². The molecule has 0 amide bonds. The smallest absolute Gasteiger partial charge is 0.0698 e. The van der Waals surface area contributed by atoms with Gasteiger partial charge in [-0.25, -0.2) is 0 Å². The monoisotopic (exact) mass is 247 g/mol. The van der Waals surface area contributed by atoms with Gasteiger partial charge in [-0.2, -0.15) is 11.8 Å². The van der Waals surface area contributed by atoms with E-state index in [1.807, 2.05) is 0 Å². The van der Waals surface area contributed by atoms with Crippen LogP contribution in [0.2, 0.25) is 0 Å². The van der Waals surface area contributed by atoms with E-state index in [0.29, 0.717) is 6.61 Å².